The van der Waals surface area contributed by atoms with Crippen LogP contribution in [0, 0.1) is 0 Å². The molecule has 0 heterocycles. The van der Waals surface area contributed by atoms with Gasteiger partial charge in [0.25, 0.3) is 0 Å². The van der Waals surface area contributed by atoms with Gasteiger partial charge in [-0.2, -0.15) is 0 Å². The quantitative estimate of drug-likeness (QED) is 0.697. The molecule has 0 amide bonds. The van der Waals surface area contributed by atoms with Crippen LogP contribution in [0.4, 0.5) is 0 Å². The number of aryl methyl sites for hydroxylation is 1. The number of carbonyl (C=O) groups is 3. The zero-order valence-corrected chi connectivity index (χ0v) is 13.1. The Kier molecular flexibility index (Phi) is 7.21. The van der Waals surface area contributed by atoms with Crippen molar-refractivity contribution >= 4 is 17.9 Å². The van der Waals surface area contributed by atoms with E-state index in [1.807, 2.05) is 0 Å². The van der Waals surface area contributed by atoms with E-state index < -0.39 is 24.0 Å². The highest BCUT2D eigenvalue weighted by Crippen LogP contribution is 2.24. The lowest BCUT2D eigenvalue weighted by molar-refractivity contribution is -0.147. The molecule has 0 saturated heterocycles. The van der Waals surface area contributed by atoms with Crippen molar-refractivity contribution in [3.8, 4) is 0 Å². The standard InChI is InChI=1S/C16H20O7/c1-3-22-12(17)9-8-10-6-5-7-11(14(18)15(19)20)13(10)16(21)23-4-2/h5-7,14,18H,3-4,8-9H2,1-2H3,(H,19,20). The van der Waals surface area contributed by atoms with Crippen molar-refractivity contribution in [2.75, 3.05) is 13.2 Å². The predicted octanol–water partition coefficient (Wildman–Crippen LogP) is 1.48. The second-order valence-corrected chi connectivity index (χ2v) is 4.65. The number of benzene rings is 1. The van der Waals surface area contributed by atoms with E-state index in [2.05, 4.69) is 0 Å². The van der Waals surface area contributed by atoms with Gasteiger partial charge in [0.05, 0.1) is 18.8 Å². The summed E-state index contributed by atoms with van der Waals surface area (Å²) in [5, 5.41) is 18.8. The fourth-order valence-electron chi connectivity index (χ4n) is 2.11. The second-order valence-electron chi connectivity index (χ2n) is 4.65. The summed E-state index contributed by atoms with van der Waals surface area (Å²) >= 11 is 0. The van der Waals surface area contributed by atoms with Crippen LogP contribution in [-0.4, -0.2) is 41.3 Å². The molecule has 126 valence electrons. The Morgan fingerprint density at radius 3 is 2.35 bits per heavy atom. The second kappa shape index (κ2) is 8.89. The van der Waals surface area contributed by atoms with Gasteiger partial charge in [0.2, 0.25) is 0 Å². The van der Waals surface area contributed by atoms with Crippen LogP contribution < -0.4 is 0 Å². The van der Waals surface area contributed by atoms with Crippen LogP contribution in [0.3, 0.4) is 0 Å². The first-order valence-electron chi connectivity index (χ1n) is 7.27. The lowest BCUT2D eigenvalue weighted by Crippen LogP contribution is -2.19. The van der Waals surface area contributed by atoms with Crippen LogP contribution >= 0.6 is 0 Å². The molecule has 0 bridgehead atoms. The Morgan fingerprint density at radius 1 is 1.13 bits per heavy atom. The van der Waals surface area contributed by atoms with Gasteiger partial charge in [-0.3, -0.25) is 4.79 Å². The first-order valence-corrected chi connectivity index (χ1v) is 7.27. The third-order valence-electron chi connectivity index (χ3n) is 3.09. The average Bonchev–Trinajstić information content (AvgIpc) is 2.52. The van der Waals surface area contributed by atoms with Gasteiger partial charge in [0.1, 0.15) is 0 Å². The van der Waals surface area contributed by atoms with Crippen molar-refractivity contribution in [2.24, 2.45) is 0 Å². The van der Waals surface area contributed by atoms with Gasteiger partial charge >= 0.3 is 17.9 Å². The normalized spacial score (nSPS) is 11.6. The topological polar surface area (TPSA) is 110 Å². The van der Waals surface area contributed by atoms with Crippen molar-refractivity contribution in [2.45, 2.75) is 32.8 Å². The Morgan fingerprint density at radius 2 is 1.78 bits per heavy atom. The highest BCUT2D eigenvalue weighted by Gasteiger charge is 2.26. The molecule has 0 fully saturated rings. The molecule has 0 saturated carbocycles. The molecular weight excluding hydrogens is 304 g/mol. The van der Waals surface area contributed by atoms with Crippen LogP contribution in [0.1, 0.15) is 47.9 Å². The largest absolute Gasteiger partial charge is 0.479 e. The number of hydrogen-bond donors (Lipinski definition) is 2. The molecule has 1 aromatic rings. The zero-order chi connectivity index (χ0) is 17.4. The SMILES string of the molecule is CCOC(=O)CCc1cccc(C(O)C(=O)O)c1C(=O)OCC. The molecule has 1 aromatic carbocycles. The molecule has 0 radical (unpaired) electrons. The van der Waals surface area contributed by atoms with E-state index in [1.165, 1.54) is 12.1 Å². The maximum Gasteiger partial charge on any atom is 0.338 e. The summed E-state index contributed by atoms with van der Waals surface area (Å²) in [7, 11) is 0. The summed E-state index contributed by atoms with van der Waals surface area (Å²) in [6.07, 6.45) is -1.64. The summed E-state index contributed by atoms with van der Waals surface area (Å²) in [4.78, 5) is 34.6. The lowest BCUT2D eigenvalue weighted by atomic mass is 9.94. The average molecular weight is 324 g/mol. The van der Waals surface area contributed by atoms with Crippen LogP contribution in [0.5, 0.6) is 0 Å². The van der Waals surface area contributed by atoms with Crippen LogP contribution in [0.25, 0.3) is 0 Å². The maximum absolute atomic E-state index is 12.1. The number of carboxylic acids is 1. The monoisotopic (exact) mass is 324 g/mol. The van der Waals surface area contributed by atoms with Crippen molar-refractivity contribution < 1.29 is 34.1 Å². The van der Waals surface area contributed by atoms with Gasteiger partial charge in [0.15, 0.2) is 6.10 Å². The minimum Gasteiger partial charge on any atom is -0.479 e. The van der Waals surface area contributed by atoms with Crippen molar-refractivity contribution in [1.82, 2.24) is 0 Å². The minimum atomic E-state index is -1.85. The van der Waals surface area contributed by atoms with Gasteiger partial charge in [-0.05, 0) is 25.8 Å². The number of aliphatic hydroxyl groups is 1. The third-order valence-corrected chi connectivity index (χ3v) is 3.09. The highest BCUT2D eigenvalue weighted by molar-refractivity contribution is 5.94. The fraction of sp³-hybridized carbons (Fsp3) is 0.438. The van der Waals surface area contributed by atoms with E-state index in [-0.39, 0.29) is 37.2 Å². The van der Waals surface area contributed by atoms with E-state index in [0.29, 0.717) is 5.56 Å². The first-order chi connectivity index (χ1) is 10.9. The van der Waals surface area contributed by atoms with Gasteiger partial charge in [-0.15, -0.1) is 0 Å². The minimum absolute atomic E-state index is 0.0199. The molecule has 1 atom stereocenters. The number of aliphatic carboxylic acids is 1. The van der Waals surface area contributed by atoms with E-state index in [1.54, 1.807) is 19.9 Å². The van der Waals surface area contributed by atoms with Gasteiger partial charge in [-0.1, -0.05) is 18.2 Å². The molecule has 0 aliphatic heterocycles. The van der Waals surface area contributed by atoms with Crippen LogP contribution in [0.2, 0.25) is 0 Å². The zero-order valence-electron chi connectivity index (χ0n) is 13.1. The molecule has 7 heteroatoms. The summed E-state index contributed by atoms with van der Waals surface area (Å²) in [5.74, 6) is -2.63. The number of ether oxygens (including phenoxy) is 2. The van der Waals surface area contributed by atoms with Crippen molar-refractivity contribution in [3.63, 3.8) is 0 Å². The highest BCUT2D eigenvalue weighted by atomic mass is 16.5. The smallest absolute Gasteiger partial charge is 0.338 e. The third kappa shape index (κ3) is 5.07. The van der Waals surface area contributed by atoms with E-state index >= 15 is 0 Å². The number of aliphatic hydroxyl groups excluding tert-OH is 1. The molecule has 1 rings (SSSR count). The van der Waals surface area contributed by atoms with Crippen LogP contribution in [0.15, 0.2) is 18.2 Å². The lowest BCUT2D eigenvalue weighted by Gasteiger charge is -2.15. The molecule has 0 spiro atoms. The Labute approximate surface area is 133 Å². The molecule has 7 nitrogen and oxygen atoms in total. The van der Waals surface area contributed by atoms with E-state index in [9.17, 15) is 19.5 Å². The van der Waals surface area contributed by atoms with Crippen molar-refractivity contribution in [1.29, 1.82) is 0 Å². The van der Waals surface area contributed by atoms with Crippen LogP contribution in [-0.2, 0) is 25.5 Å². The predicted molar refractivity (Wildman–Crippen MR) is 79.9 cm³/mol. The summed E-state index contributed by atoms with van der Waals surface area (Å²) in [6, 6.07) is 4.45. The van der Waals surface area contributed by atoms with Gasteiger partial charge in [-0.25, -0.2) is 9.59 Å². The molecule has 1 unspecified atom stereocenters. The summed E-state index contributed by atoms with van der Waals surface area (Å²) in [5.41, 5.74) is 0.347. The maximum atomic E-state index is 12.1. The summed E-state index contributed by atoms with van der Waals surface area (Å²) < 4.78 is 9.76. The fourth-order valence-corrected chi connectivity index (χ4v) is 2.11. The van der Waals surface area contributed by atoms with E-state index in [4.69, 9.17) is 14.6 Å². The number of carboxylic acid groups (broad SMARTS) is 1. The number of esters is 2. The van der Waals surface area contributed by atoms with E-state index in [0.717, 1.165) is 0 Å². The Bertz CT molecular complexity index is 580. The first kappa shape index (κ1) is 18.6. The van der Waals surface area contributed by atoms with Gasteiger partial charge in [0, 0.05) is 12.0 Å². The number of rotatable bonds is 8. The van der Waals surface area contributed by atoms with Crippen molar-refractivity contribution in [3.05, 3.63) is 34.9 Å². The molecule has 0 aromatic heterocycles. The molecule has 23 heavy (non-hydrogen) atoms. The Balaban J connectivity index is 3.17. The number of carbonyl (C=O) groups excluding carboxylic acids is 2. The molecule has 0 aliphatic rings. The Hall–Kier alpha value is -2.41. The number of hydrogen-bond acceptors (Lipinski definition) is 6. The molecule has 0 aliphatic carbocycles. The summed E-state index contributed by atoms with van der Waals surface area (Å²) in [6.45, 7) is 3.66. The molecular formula is C16H20O7. The molecule has 2 N–H and O–H groups in total. The van der Waals surface area contributed by atoms with Gasteiger partial charge < -0.3 is 19.7 Å².